The normalized spacial score (nSPS) is 13.9. The number of hydrogen-bond acceptors (Lipinski definition) is 8. The number of carbonyl (C=O) groups excluding carboxylic acids is 2. The molecule has 0 spiro atoms. The van der Waals surface area contributed by atoms with Crippen LogP contribution in [-0.2, 0) is 32.7 Å². The topological polar surface area (TPSA) is 134 Å². The molecule has 2 atom stereocenters. The summed E-state index contributed by atoms with van der Waals surface area (Å²) in [5.74, 6) is -0.902. The Hall–Kier alpha value is -2.29. The molecule has 0 aromatic carbocycles. The molecule has 0 aliphatic heterocycles. The molecule has 318 valence electrons. The molecule has 0 rings (SSSR count). The van der Waals surface area contributed by atoms with Crippen molar-refractivity contribution in [2.24, 2.45) is 5.73 Å². The molecular formula is C45H80NO8P. The SMILES string of the molecule is CCCCCC=CCC=CCCCCCCCCCC(=O)O[C@H](COC(=O)CCCC=CCC=CCC=CCCCCCCCC)COP(=O)(O)OCCN. The number of ether oxygens (including phenoxy) is 2. The molecule has 55 heavy (non-hydrogen) atoms. The second kappa shape index (κ2) is 41.3. The van der Waals surface area contributed by atoms with Crippen molar-refractivity contribution in [2.45, 2.75) is 187 Å². The number of nitrogens with two attached hydrogens (primary N) is 1. The van der Waals surface area contributed by atoms with Crippen LogP contribution >= 0.6 is 7.82 Å². The molecule has 10 heteroatoms. The molecular weight excluding hydrogens is 713 g/mol. The summed E-state index contributed by atoms with van der Waals surface area (Å²) >= 11 is 0. The van der Waals surface area contributed by atoms with Crippen LogP contribution in [0.25, 0.3) is 0 Å². The summed E-state index contributed by atoms with van der Waals surface area (Å²) < 4.78 is 32.7. The first-order chi connectivity index (χ1) is 26.8. The first-order valence-corrected chi connectivity index (χ1v) is 23.3. The van der Waals surface area contributed by atoms with Crippen LogP contribution in [0.5, 0.6) is 0 Å². The van der Waals surface area contributed by atoms with E-state index >= 15 is 0 Å². The van der Waals surface area contributed by atoms with E-state index in [1.54, 1.807) is 0 Å². The lowest BCUT2D eigenvalue weighted by Crippen LogP contribution is -2.29. The number of rotatable bonds is 40. The van der Waals surface area contributed by atoms with Gasteiger partial charge in [-0.3, -0.25) is 18.6 Å². The summed E-state index contributed by atoms with van der Waals surface area (Å²) in [7, 11) is -4.39. The van der Waals surface area contributed by atoms with E-state index in [0.29, 0.717) is 12.8 Å². The van der Waals surface area contributed by atoms with Crippen LogP contribution in [-0.4, -0.2) is 49.3 Å². The van der Waals surface area contributed by atoms with Crippen LogP contribution < -0.4 is 5.73 Å². The van der Waals surface area contributed by atoms with Crippen LogP contribution in [0.15, 0.2) is 60.8 Å². The van der Waals surface area contributed by atoms with Gasteiger partial charge in [-0.05, 0) is 77.0 Å². The average Bonchev–Trinajstić information content (AvgIpc) is 3.17. The summed E-state index contributed by atoms with van der Waals surface area (Å²) in [4.78, 5) is 34.8. The minimum atomic E-state index is -4.39. The van der Waals surface area contributed by atoms with Crippen molar-refractivity contribution in [3.63, 3.8) is 0 Å². The van der Waals surface area contributed by atoms with Gasteiger partial charge in [0.05, 0.1) is 13.2 Å². The summed E-state index contributed by atoms with van der Waals surface area (Å²) in [5.41, 5.74) is 5.34. The molecule has 0 saturated heterocycles. The zero-order valence-corrected chi connectivity index (χ0v) is 35.8. The van der Waals surface area contributed by atoms with Gasteiger partial charge in [0.2, 0.25) is 0 Å². The summed E-state index contributed by atoms with van der Waals surface area (Å²) in [6, 6.07) is 0. The third-order valence-electron chi connectivity index (χ3n) is 8.88. The van der Waals surface area contributed by atoms with Crippen molar-refractivity contribution in [1.29, 1.82) is 0 Å². The maximum Gasteiger partial charge on any atom is 0.472 e. The van der Waals surface area contributed by atoms with Crippen LogP contribution in [0.3, 0.4) is 0 Å². The molecule has 9 nitrogen and oxygen atoms in total. The Labute approximate surface area is 336 Å². The van der Waals surface area contributed by atoms with Gasteiger partial charge in [0.15, 0.2) is 6.10 Å². The van der Waals surface area contributed by atoms with E-state index in [2.05, 4.69) is 74.6 Å². The fourth-order valence-electron chi connectivity index (χ4n) is 5.62. The largest absolute Gasteiger partial charge is 0.472 e. The van der Waals surface area contributed by atoms with Crippen LogP contribution in [0.2, 0.25) is 0 Å². The lowest BCUT2D eigenvalue weighted by molar-refractivity contribution is -0.161. The number of unbranched alkanes of at least 4 members (excludes halogenated alkanes) is 17. The predicted octanol–water partition coefficient (Wildman–Crippen LogP) is 12.5. The van der Waals surface area contributed by atoms with Crippen LogP contribution in [0, 0.1) is 0 Å². The molecule has 1 unspecified atom stereocenters. The number of hydrogen-bond donors (Lipinski definition) is 2. The lowest BCUT2D eigenvalue weighted by Gasteiger charge is -2.19. The Morgan fingerprint density at radius 1 is 0.545 bits per heavy atom. The maximum absolute atomic E-state index is 12.6. The van der Waals surface area contributed by atoms with Gasteiger partial charge in [0, 0.05) is 19.4 Å². The Balaban J connectivity index is 4.26. The van der Waals surface area contributed by atoms with Crippen molar-refractivity contribution in [2.75, 3.05) is 26.4 Å². The zero-order chi connectivity index (χ0) is 40.3. The molecule has 0 aromatic heterocycles. The van der Waals surface area contributed by atoms with Gasteiger partial charge in [-0.15, -0.1) is 0 Å². The van der Waals surface area contributed by atoms with E-state index < -0.39 is 32.5 Å². The third-order valence-corrected chi connectivity index (χ3v) is 9.86. The van der Waals surface area contributed by atoms with Crippen LogP contribution in [0.1, 0.15) is 181 Å². The lowest BCUT2D eigenvalue weighted by atomic mass is 10.1. The summed E-state index contributed by atoms with van der Waals surface area (Å²) in [5, 5.41) is 0. The van der Waals surface area contributed by atoms with Gasteiger partial charge in [0.25, 0.3) is 0 Å². The highest BCUT2D eigenvalue weighted by atomic mass is 31.2. The standard InChI is InChI=1S/C45H80NO8P/c1-3-5-7-9-11-13-15-17-19-21-23-25-27-29-31-33-35-37-44(47)51-41-43(42-53-55(49,50)52-40-39-46)54-45(48)38-36-34-32-30-28-26-24-22-20-18-16-14-12-10-8-6-4-2/h12,14,17-20,23,25,29,31,43H,3-11,13,15-16,21-22,24,26-28,30,32-42,46H2,1-2H3,(H,49,50)/t43-/m1/s1. The van der Waals surface area contributed by atoms with Gasteiger partial charge in [-0.25, -0.2) is 4.57 Å². The highest BCUT2D eigenvalue weighted by molar-refractivity contribution is 7.47. The van der Waals surface area contributed by atoms with E-state index in [4.69, 9.17) is 24.3 Å². The molecule has 3 N–H and O–H groups in total. The number of esters is 2. The van der Waals surface area contributed by atoms with Crippen molar-refractivity contribution < 1.29 is 37.6 Å². The fourth-order valence-corrected chi connectivity index (χ4v) is 6.39. The molecule has 0 amide bonds. The minimum Gasteiger partial charge on any atom is -0.462 e. The molecule has 0 aromatic rings. The maximum atomic E-state index is 12.6. The number of phosphoric acid groups is 1. The summed E-state index contributed by atoms with van der Waals surface area (Å²) in [6.45, 7) is 3.63. The summed E-state index contributed by atoms with van der Waals surface area (Å²) in [6.07, 6.45) is 48.2. The van der Waals surface area contributed by atoms with Crippen molar-refractivity contribution in [3.05, 3.63) is 60.8 Å². The molecule has 0 saturated carbocycles. The van der Waals surface area contributed by atoms with Crippen molar-refractivity contribution >= 4 is 19.8 Å². The van der Waals surface area contributed by atoms with E-state index in [-0.39, 0.29) is 32.6 Å². The van der Waals surface area contributed by atoms with E-state index in [1.807, 2.05) is 0 Å². The first kappa shape index (κ1) is 52.7. The molecule has 0 fully saturated rings. The first-order valence-electron chi connectivity index (χ1n) is 21.8. The minimum absolute atomic E-state index is 0.0432. The Morgan fingerprint density at radius 3 is 1.49 bits per heavy atom. The average molecular weight is 794 g/mol. The van der Waals surface area contributed by atoms with Gasteiger partial charge in [0.1, 0.15) is 6.61 Å². The Bertz CT molecular complexity index is 1090. The quantitative estimate of drug-likeness (QED) is 0.0269. The molecule has 0 aliphatic rings. The second-order valence-electron chi connectivity index (χ2n) is 14.2. The number of carbonyl (C=O) groups is 2. The molecule has 0 aliphatic carbocycles. The Morgan fingerprint density at radius 2 is 0.964 bits per heavy atom. The second-order valence-corrected chi connectivity index (χ2v) is 15.7. The monoisotopic (exact) mass is 794 g/mol. The molecule has 0 heterocycles. The highest BCUT2D eigenvalue weighted by Crippen LogP contribution is 2.43. The van der Waals surface area contributed by atoms with E-state index in [1.165, 1.54) is 83.5 Å². The third kappa shape index (κ3) is 41.2. The Kier molecular flexibility index (Phi) is 39.6. The fraction of sp³-hybridized carbons (Fsp3) is 0.733. The number of allylic oxidation sites excluding steroid dienone is 10. The van der Waals surface area contributed by atoms with Gasteiger partial charge in [-0.2, -0.15) is 0 Å². The number of phosphoric ester groups is 1. The van der Waals surface area contributed by atoms with Gasteiger partial charge < -0.3 is 20.1 Å². The van der Waals surface area contributed by atoms with Crippen molar-refractivity contribution in [3.8, 4) is 0 Å². The van der Waals surface area contributed by atoms with Crippen LogP contribution in [0.4, 0.5) is 0 Å². The van der Waals surface area contributed by atoms with Gasteiger partial charge in [-0.1, -0.05) is 152 Å². The highest BCUT2D eigenvalue weighted by Gasteiger charge is 2.25. The zero-order valence-electron chi connectivity index (χ0n) is 34.9. The van der Waals surface area contributed by atoms with E-state index in [0.717, 1.165) is 57.8 Å². The predicted molar refractivity (Wildman–Crippen MR) is 229 cm³/mol. The smallest absolute Gasteiger partial charge is 0.462 e. The van der Waals surface area contributed by atoms with Crippen molar-refractivity contribution in [1.82, 2.24) is 0 Å². The van der Waals surface area contributed by atoms with E-state index in [9.17, 15) is 19.0 Å². The molecule has 0 bridgehead atoms. The molecule has 0 radical (unpaired) electrons. The van der Waals surface area contributed by atoms with Gasteiger partial charge >= 0.3 is 19.8 Å².